The molecule has 0 saturated carbocycles. The van der Waals surface area contributed by atoms with Crippen LogP contribution in [0.2, 0.25) is 0 Å². The van der Waals surface area contributed by atoms with Crippen LogP contribution in [0.1, 0.15) is 25.2 Å². The van der Waals surface area contributed by atoms with Gasteiger partial charge in [0.25, 0.3) is 5.89 Å². The number of carboxylic acids is 1. The van der Waals surface area contributed by atoms with Crippen molar-refractivity contribution in [1.82, 2.24) is 10.2 Å². The maximum absolute atomic E-state index is 13.5. The van der Waals surface area contributed by atoms with E-state index < -0.39 is 17.6 Å². The van der Waals surface area contributed by atoms with Crippen molar-refractivity contribution in [1.29, 1.82) is 0 Å². The van der Waals surface area contributed by atoms with Gasteiger partial charge in [0.2, 0.25) is 5.89 Å². The number of aliphatic carboxylic acids is 1. The molecule has 0 spiro atoms. The Hall–Kier alpha value is -2.31. The molecule has 1 aromatic heterocycles. The summed E-state index contributed by atoms with van der Waals surface area (Å²) in [7, 11) is 0. The molecule has 2 rings (SSSR count). The summed E-state index contributed by atoms with van der Waals surface area (Å²) < 4.78 is 31.6. The maximum Gasteiger partial charge on any atom is 0.303 e. The smallest absolute Gasteiger partial charge is 0.303 e. The third-order valence-corrected chi connectivity index (χ3v) is 2.66. The number of hydrogen-bond donors (Lipinski definition) is 1. The second-order valence-corrected chi connectivity index (χ2v) is 4.23. The fourth-order valence-corrected chi connectivity index (χ4v) is 1.68. The number of nitrogens with zero attached hydrogens (tertiary/aromatic N) is 2. The fourth-order valence-electron chi connectivity index (χ4n) is 1.68. The summed E-state index contributed by atoms with van der Waals surface area (Å²) in [4.78, 5) is 10.3. The van der Waals surface area contributed by atoms with E-state index in [1.165, 1.54) is 6.07 Å². The van der Waals surface area contributed by atoms with E-state index in [0.29, 0.717) is 25.2 Å². The Balaban J connectivity index is 1.99. The van der Waals surface area contributed by atoms with Gasteiger partial charge in [-0.1, -0.05) is 0 Å². The molecule has 0 atom stereocenters. The number of hydrogen-bond acceptors (Lipinski definition) is 4. The fraction of sp³-hybridized carbons (Fsp3) is 0.308. The standard InChI is InChI=1S/C13H12F2N2O3/c14-8-5-6-9(10(15)7-8)13-17-16-11(20-13)3-1-2-4-12(18)19/h5-7H,1-4H2,(H,18,19). The van der Waals surface area contributed by atoms with E-state index in [2.05, 4.69) is 10.2 Å². The van der Waals surface area contributed by atoms with Crippen LogP contribution in [-0.4, -0.2) is 21.3 Å². The Morgan fingerprint density at radius 3 is 2.75 bits per heavy atom. The lowest BCUT2D eigenvalue weighted by Crippen LogP contribution is -1.95. The minimum Gasteiger partial charge on any atom is -0.481 e. The summed E-state index contributed by atoms with van der Waals surface area (Å²) in [6.07, 6.45) is 1.58. The highest BCUT2D eigenvalue weighted by molar-refractivity contribution is 5.66. The Morgan fingerprint density at radius 1 is 1.25 bits per heavy atom. The van der Waals surface area contributed by atoms with Crippen molar-refractivity contribution in [3.05, 3.63) is 35.7 Å². The molecule has 106 valence electrons. The largest absolute Gasteiger partial charge is 0.481 e. The SMILES string of the molecule is O=C(O)CCCCc1nnc(-c2ccc(F)cc2F)o1. The second kappa shape index (κ2) is 6.23. The van der Waals surface area contributed by atoms with Gasteiger partial charge in [0, 0.05) is 18.9 Å². The molecule has 2 aromatic rings. The van der Waals surface area contributed by atoms with Gasteiger partial charge in [0.05, 0.1) is 5.56 Å². The summed E-state index contributed by atoms with van der Waals surface area (Å²) in [5.74, 6) is -2.03. The predicted molar refractivity (Wildman–Crippen MR) is 64.8 cm³/mol. The molecule has 0 saturated heterocycles. The quantitative estimate of drug-likeness (QED) is 0.824. The van der Waals surface area contributed by atoms with Crippen LogP contribution in [-0.2, 0) is 11.2 Å². The van der Waals surface area contributed by atoms with Crippen LogP contribution in [0.15, 0.2) is 22.6 Å². The molecule has 1 aromatic carbocycles. The van der Waals surface area contributed by atoms with E-state index in [1.54, 1.807) is 0 Å². The number of unbranched alkanes of at least 4 members (excludes halogenated alkanes) is 1. The number of aromatic nitrogens is 2. The van der Waals surface area contributed by atoms with E-state index in [4.69, 9.17) is 9.52 Å². The lowest BCUT2D eigenvalue weighted by atomic mass is 10.2. The van der Waals surface area contributed by atoms with Crippen LogP contribution < -0.4 is 0 Å². The Labute approximate surface area is 113 Å². The van der Waals surface area contributed by atoms with Gasteiger partial charge in [-0.15, -0.1) is 10.2 Å². The first-order valence-electron chi connectivity index (χ1n) is 6.06. The zero-order valence-corrected chi connectivity index (χ0v) is 10.5. The second-order valence-electron chi connectivity index (χ2n) is 4.23. The van der Waals surface area contributed by atoms with E-state index in [1.807, 2.05) is 0 Å². The number of carbonyl (C=O) groups is 1. The number of rotatable bonds is 6. The van der Waals surface area contributed by atoms with E-state index in [9.17, 15) is 13.6 Å². The maximum atomic E-state index is 13.5. The predicted octanol–water partition coefficient (Wildman–Crippen LogP) is 2.81. The molecule has 0 unspecified atom stereocenters. The molecule has 0 aliphatic rings. The summed E-state index contributed by atoms with van der Waals surface area (Å²) >= 11 is 0. The lowest BCUT2D eigenvalue weighted by molar-refractivity contribution is -0.137. The molecule has 0 fully saturated rings. The topological polar surface area (TPSA) is 76.2 Å². The summed E-state index contributed by atoms with van der Waals surface area (Å²) in [5, 5.41) is 15.9. The van der Waals surface area contributed by atoms with Gasteiger partial charge in [0.15, 0.2) is 0 Å². The molecule has 1 N–H and O–H groups in total. The van der Waals surface area contributed by atoms with E-state index in [-0.39, 0.29) is 17.9 Å². The highest BCUT2D eigenvalue weighted by Crippen LogP contribution is 2.22. The van der Waals surface area contributed by atoms with Gasteiger partial charge < -0.3 is 9.52 Å². The van der Waals surface area contributed by atoms with Crippen LogP contribution in [0.5, 0.6) is 0 Å². The van der Waals surface area contributed by atoms with E-state index in [0.717, 1.165) is 12.1 Å². The first kappa shape index (κ1) is 14.1. The average molecular weight is 282 g/mol. The Kier molecular flexibility index (Phi) is 4.39. The molecule has 7 heteroatoms. The monoisotopic (exact) mass is 282 g/mol. The van der Waals surface area contributed by atoms with Crippen molar-refractivity contribution in [2.45, 2.75) is 25.7 Å². The van der Waals surface area contributed by atoms with Crippen LogP contribution >= 0.6 is 0 Å². The minimum atomic E-state index is -0.857. The zero-order valence-electron chi connectivity index (χ0n) is 10.5. The van der Waals surface area contributed by atoms with Crippen molar-refractivity contribution < 1.29 is 23.1 Å². The highest BCUT2D eigenvalue weighted by Gasteiger charge is 2.13. The van der Waals surface area contributed by atoms with E-state index >= 15 is 0 Å². The van der Waals surface area contributed by atoms with Gasteiger partial charge in [-0.3, -0.25) is 4.79 Å². The minimum absolute atomic E-state index is 0.0178. The van der Waals surface area contributed by atoms with Gasteiger partial charge in [-0.2, -0.15) is 0 Å². The van der Waals surface area contributed by atoms with Crippen LogP contribution in [0.3, 0.4) is 0 Å². The van der Waals surface area contributed by atoms with Crippen molar-refractivity contribution in [3.63, 3.8) is 0 Å². The highest BCUT2D eigenvalue weighted by atomic mass is 19.1. The molecule has 20 heavy (non-hydrogen) atoms. The first-order chi connectivity index (χ1) is 9.56. The number of aryl methyl sites for hydroxylation is 1. The molecule has 1 heterocycles. The molecule has 0 aliphatic carbocycles. The Morgan fingerprint density at radius 2 is 2.05 bits per heavy atom. The number of carboxylic acid groups (broad SMARTS) is 1. The van der Waals surface area contributed by atoms with Crippen molar-refractivity contribution in [2.24, 2.45) is 0 Å². The van der Waals surface area contributed by atoms with Crippen LogP contribution in [0, 0.1) is 11.6 Å². The van der Waals surface area contributed by atoms with Gasteiger partial charge in [0.1, 0.15) is 11.6 Å². The zero-order chi connectivity index (χ0) is 14.5. The van der Waals surface area contributed by atoms with Gasteiger partial charge in [-0.25, -0.2) is 8.78 Å². The molecule has 0 bridgehead atoms. The normalized spacial score (nSPS) is 10.7. The molecular weight excluding hydrogens is 270 g/mol. The lowest BCUT2D eigenvalue weighted by Gasteiger charge is -1.97. The number of benzene rings is 1. The average Bonchev–Trinajstić information content (AvgIpc) is 2.83. The Bertz CT molecular complexity index is 613. The van der Waals surface area contributed by atoms with Crippen LogP contribution in [0.4, 0.5) is 8.78 Å². The summed E-state index contributed by atoms with van der Waals surface area (Å²) in [6.45, 7) is 0. The third kappa shape index (κ3) is 3.59. The van der Waals surface area contributed by atoms with Crippen molar-refractivity contribution >= 4 is 5.97 Å². The summed E-state index contributed by atoms with van der Waals surface area (Å²) in [6, 6.07) is 3.08. The van der Waals surface area contributed by atoms with Crippen molar-refractivity contribution in [2.75, 3.05) is 0 Å². The molecule has 5 nitrogen and oxygen atoms in total. The third-order valence-electron chi connectivity index (χ3n) is 2.66. The molecular formula is C13H12F2N2O3. The van der Waals surface area contributed by atoms with Crippen LogP contribution in [0.25, 0.3) is 11.5 Å². The molecule has 0 aliphatic heterocycles. The van der Waals surface area contributed by atoms with Crippen molar-refractivity contribution in [3.8, 4) is 11.5 Å². The molecule has 0 radical (unpaired) electrons. The van der Waals surface area contributed by atoms with Gasteiger partial charge in [-0.05, 0) is 25.0 Å². The number of halogens is 2. The molecule has 0 amide bonds. The first-order valence-corrected chi connectivity index (χ1v) is 6.06. The summed E-state index contributed by atoms with van der Waals surface area (Å²) in [5.41, 5.74) is 0.0377. The van der Waals surface area contributed by atoms with Gasteiger partial charge >= 0.3 is 5.97 Å².